The summed E-state index contributed by atoms with van der Waals surface area (Å²) in [6, 6.07) is 3.81. The van der Waals surface area contributed by atoms with E-state index in [-0.39, 0.29) is 0 Å². The fraction of sp³-hybridized carbons (Fsp3) is 0.400. The maximum Gasteiger partial charge on any atom is 0.175 e. The van der Waals surface area contributed by atoms with Crippen molar-refractivity contribution in [2.75, 3.05) is 19.5 Å². The molecule has 0 radical (unpaired) electrons. The number of hydrogen-bond donors (Lipinski definition) is 2. The summed E-state index contributed by atoms with van der Waals surface area (Å²) in [4.78, 5) is 1.02. The molecule has 0 spiro atoms. The summed E-state index contributed by atoms with van der Waals surface area (Å²) in [6.07, 6.45) is 1.98. The predicted molar refractivity (Wildman–Crippen MR) is 57.8 cm³/mol. The largest absolute Gasteiger partial charge is 0.486 e. The van der Waals surface area contributed by atoms with Crippen molar-refractivity contribution in [3.63, 3.8) is 0 Å². The van der Waals surface area contributed by atoms with E-state index in [1.165, 1.54) is 0 Å². The van der Waals surface area contributed by atoms with Crippen LogP contribution in [0.3, 0.4) is 0 Å². The van der Waals surface area contributed by atoms with Crippen molar-refractivity contribution in [2.45, 2.75) is 11.4 Å². The maximum atomic E-state index is 8.71. The molecule has 5 heteroatoms. The van der Waals surface area contributed by atoms with Gasteiger partial charge >= 0.3 is 0 Å². The number of benzene rings is 1. The van der Waals surface area contributed by atoms with Crippen molar-refractivity contribution in [1.82, 2.24) is 5.48 Å². The zero-order valence-electron chi connectivity index (χ0n) is 8.45. The van der Waals surface area contributed by atoms with Crippen LogP contribution in [-0.4, -0.2) is 24.7 Å². The standard InChI is InChI=1S/C10H13NO3S/c1-15-10-7(6-11-12)2-3-8-9(10)14-5-4-13-8/h2-3,11-12H,4-6H2,1H3. The average Bonchev–Trinajstić information content (AvgIpc) is 2.29. The maximum absolute atomic E-state index is 8.71. The minimum Gasteiger partial charge on any atom is -0.486 e. The van der Waals surface area contributed by atoms with Gasteiger partial charge in [0.2, 0.25) is 0 Å². The molecule has 0 bridgehead atoms. The smallest absolute Gasteiger partial charge is 0.175 e. The van der Waals surface area contributed by atoms with E-state index in [1.807, 2.05) is 18.4 Å². The lowest BCUT2D eigenvalue weighted by Crippen LogP contribution is -2.17. The Morgan fingerprint density at radius 1 is 1.40 bits per heavy atom. The fourth-order valence-corrected chi connectivity index (χ4v) is 2.33. The molecule has 1 aromatic rings. The normalized spacial score (nSPS) is 14.0. The van der Waals surface area contributed by atoms with Crippen LogP contribution in [0.15, 0.2) is 17.0 Å². The SMILES string of the molecule is CSc1c(CNO)ccc2c1OCCO2. The first-order valence-electron chi connectivity index (χ1n) is 4.69. The molecule has 0 amide bonds. The van der Waals surface area contributed by atoms with Crippen LogP contribution in [0.25, 0.3) is 0 Å². The zero-order valence-corrected chi connectivity index (χ0v) is 9.26. The number of rotatable bonds is 3. The van der Waals surface area contributed by atoms with E-state index in [9.17, 15) is 0 Å². The van der Waals surface area contributed by atoms with E-state index < -0.39 is 0 Å². The third-order valence-electron chi connectivity index (χ3n) is 2.22. The first-order chi connectivity index (χ1) is 7.36. The molecular weight excluding hydrogens is 214 g/mol. The Hall–Kier alpha value is -0.910. The number of hydrogen-bond acceptors (Lipinski definition) is 5. The molecular formula is C10H13NO3S. The van der Waals surface area contributed by atoms with Crippen LogP contribution >= 0.6 is 11.8 Å². The Balaban J connectivity index is 2.42. The molecule has 1 aromatic carbocycles. The lowest BCUT2D eigenvalue weighted by Gasteiger charge is -2.22. The molecule has 15 heavy (non-hydrogen) atoms. The summed E-state index contributed by atoms with van der Waals surface area (Å²) in [7, 11) is 0. The van der Waals surface area contributed by atoms with Crippen molar-refractivity contribution in [2.24, 2.45) is 0 Å². The number of ether oxygens (including phenoxy) is 2. The fourth-order valence-electron chi connectivity index (χ4n) is 1.58. The van der Waals surface area contributed by atoms with Gasteiger partial charge in [0, 0.05) is 6.54 Å². The monoisotopic (exact) mass is 227 g/mol. The Labute approximate surface area is 92.5 Å². The van der Waals surface area contributed by atoms with Gasteiger partial charge < -0.3 is 14.7 Å². The van der Waals surface area contributed by atoms with Gasteiger partial charge in [-0.1, -0.05) is 6.07 Å². The van der Waals surface area contributed by atoms with Gasteiger partial charge in [-0.05, 0) is 17.9 Å². The molecule has 0 unspecified atom stereocenters. The van der Waals surface area contributed by atoms with Crippen LogP contribution in [-0.2, 0) is 6.54 Å². The van der Waals surface area contributed by atoms with Crippen molar-refractivity contribution >= 4 is 11.8 Å². The molecule has 4 nitrogen and oxygen atoms in total. The highest BCUT2D eigenvalue weighted by Gasteiger charge is 2.18. The molecule has 2 rings (SSSR count). The molecule has 1 aliphatic heterocycles. The summed E-state index contributed by atoms with van der Waals surface area (Å²) in [6.45, 7) is 1.59. The Morgan fingerprint density at radius 2 is 2.20 bits per heavy atom. The second kappa shape index (κ2) is 4.74. The molecule has 0 saturated heterocycles. The molecule has 1 heterocycles. The number of hydroxylamine groups is 1. The summed E-state index contributed by atoms with van der Waals surface area (Å²) in [5.74, 6) is 1.58. The molecule has 2 N–H and O–H groups in total. The van der Waals surface area contributed by atoms with E-state index >= 15 is 0 Å². The summed E-state index contributed by atoms with van der Waals surface area (Å²) < 4.78 is 11.1. The molecule has 82 valence electrons. The van der Waals surface area contributed by atoms with Gasteiger partial charge in [-0.3, -0.25) is 0 Å². The van der Waals surface area contributed by atoms with Crippen LogP contribution < -0.4 is 15.0 Å². The lowest BCUT2D eigenvalue weighted by atomic mass is 10.2. The highest BCUT2D eigenvalue weighted by Crippen LogP contribution is 2.40. The van der Waals surface area contributed by atoms with Gasteiger partial charge in [-0.15, -0.1) is 11.8 Å². The third kappa shape index (κ3) is 2.04. The minimum atomic E-state index is 0.410. The molecule has 1 aliphatic rings. The highest BCUT2D eigenvalue weighted by atomic mass is 32.2. The molecule has 0 fully saturated rings. The van der Waals surface area contributed by atoms with Gasteiger partial charge in [-0.25, -0.2) is 5.48 Å². The average molecular weight is 227 g/mol. The van der Waals surface area contributed by atoms with Crippen molar-refractivity contribution < 1.29 is 14.7 Å². The first-order valence-corrected chi connectivity index (χ1v) is 5.91. The van der Waals surface area contributed by atoms with E-state index in [0.717, 1.165) is 22.0 Å². The van der Waals surface area contributed by atoms with Crippen LogP contribution in [0, 0.1) is 0 Å². The minimum absolute atomic E-state index is 0.410. The van der Waals surface area contributed by atoms with Crippen LogP contribution in [0.1, 0.15) is 5.56 Å². The van der Waals surface area contributed by atoms with E-state index in [1.54, 1.807) is 11.8 Å². The summed E-state index contributed by atoms with van der Waals surface area (Å²) >= 11 is 1.59. The number of fused-ring (bicyclic) bond motifs is 1. The number of nitrogens with one attached hydrogen (secondary N) is 1. The second-order valence-electron chi connectivity index (χ2n) is 3.12. The number of thioether (sulfide) groups is 1. The van der Waals surface area contributed by atoms with E-state index in [2.05, 4.69) is 5.48 Å². The van der Waals surface area contributed by atoms with Crippen molar-refractivity contribution in [3.05, 3.63) is 17.7 Å². The molecule has 0 atom stereocenters. The first kappa shape index (κ1) is 10.6. The van der Waals surface area contributed by atoms with Gasteiger partial charge in [0.25, 0.3) is 0 Å². The van der Waals surface area contributed by atoms with Crippen LogP contribution in [0.2, 0.25) is 0 Å². The van der Waals surface area contributed by atoms with Crippen molar-refractivity contribution in [3.8, 4) is 11.5 Å². The Bertz CT molecular complexity index is 357. The lowest BCUT2D eigenvalue weighted by molar-refractivity contribution is 0.156. The van der Waals surface area contributed by atoms with Gasteiger partial charge in [0.05, 0.1) is 4.90 Å². The van der Waals surface area contributed by atoms with Crippen LogP contribution in [0.5, 0.6) is 11.5 Å². The summed E-state index contributed by atoms with van der Waals surface area (Å²) in [5.41, 5.74) is 3.16. The van der Waals surface area contributed by atoms with Crippen molar-refractivity contribution in [1.29, 1.82) is 0 Å². The van der Waals surface area contributed by atoms with E-state index in [0.29, 0.717) is 19.8 Å². The summed E-state index contributed by atoms with van der Waals surface area (Å²) in [5, 5.41) is 8.71. The van der Waals surface area contributed by atoms with Crippen LogP contribution in [0.4, 0.5) is 0 Å². The van der Waals surface area contributed by atoms with E-state index in [4.69, 9.17) is 14.7 Å². The molecule has 0 aromatic heterocycles. The zero-order chi connectivity index (χ0) is 10.7. The third-order valence-corrected chi connectivity index (χ3v) is 3.07. The molecule has 0 saturated carbocycles. The van der Waals surface area contributed by atoms with Gasteiger partial charge in [0.15, 0.2) is 11.5 Å². The molecule has 0 aliphatic carbocycles. The van der Waals surface area contributed by atoms with Gasteiger partial charge in [-0.2, -0.15) is 0 Å². The second-order valence-corrected chi connectivity index (χ2v) is 3.93. The Kier molecular flexibility index (Phi) is 3.35. The highest BCUT2D eigenvalue weighted by molar-refractivity contribution is 7.98. The predicted octanol–water partition coefficient (Wildman–Crippen LogP) is 1.66. The van der Waals surface area contributed by atoms with Gasteiger partial charge in [0.1, 0.15) is 13.2 Å². The quantitative estimate of drug-likeness (QED) is 0.607. The topological polar surface area (TPSA) is 50.7 Å². The Morgan fingerprint density at radius 3 is 2.93 bits per heavy atom.